The summed E-state index contributed by atoms with van der Waals surface area (Å²) in [6, 6.07) is 15.8. The van der Waals surface area contributed by atoms with E-state index in [1.165, 1.54) is 18.2 Å². The normalized spacial score (nSPS) is 15.0. The number of thioether (sulfide) groups is 1. The summed E-state index contributed by atoms with van der Waals surface area (Å²) in [5.74, 6) is -0.197. The maximum absolute atomic E-state index is 14.1. The lowest BCUT2D eigenvalue weighted by Crippen LogP contribution is -2.28. The molecule has 0 N–H and O–H groups in total. The molecular formula is C25H22ClFN2O3S. The van der Waals surface area contributed by atoms with Crippen molar-refractivity contribution in [2.75, 3.05) is 6.61 Å². The van der Waals surface area contributed by atoms with Crippen molar-refractivity contribution in [1.29, 1.82) is 0 Å². The molecule has 0 spiro atoms. The molecule has 1 saturated heterocycles. The molecule has 3 aromatic rings. The second kappa shape index (κ2) is 9.85. The fourth-order valence-corrected chi connectivity index (χ4v) is 4.76. The molecule has 0 unspecified atom stereocenters. The molecule has 33 heavy (non-hydrogen) atoms. The maximum atomic E-state index is 14.1. The Morgan fingerprint density at radius 1 is 1.09 bits per heavy atom. The molecule has 0 radical (unpaired) electrons. The lowest BCUT2D eigenvalue weighted by Gasteiger charge is -2.14. The summed E-state index contributed by atoms with van der Waals surface area (Å²) in [5, 5.41) is -0.269. The second-order valence-corrected chi connectivity index (χ2v) is 9.01. The van der Waals surface area contributed by atoms with Crippen molar-refractivity contribution in [3.63, 3.8) is 0 Å². The number of rotatable bonds is 7. The minimum atomic E-state index is -0.549. The fourth-order valence-electron chi connectivity index (χ4n) is 3.71. The summed E-state index contributed by atoms with van der Waals surface area (Å²) in [6.45, 7) is 4.89. The number of aromatic nitrogens is 1. The first-order chi connectivity index (χ1) is 15.8. The molecule has 0 atom stereocenters. The summed E-state index contributed by atoms with van der Waals surface area (Å²) in [4.78, 5) is 26.7. The molecule has 8 heteroatoms. The highest BCUT2D eigenvalue weighted by molar-refractivity contribution is 8.18. The van der Waals surface area contributed by atoms with Gasteiger partial charge in [0.2, 0.25) is 0 Å². The Labute approximate surface area is 200 Å². The third-order valence-electron chi connectivity index (χ3n) is 5.48. The number of amides is 2. The van der Waals surface area contributed by atoms with Crippen molar-refractivity contribution in [3.05, 3.63) is 92.9 Å². The first-order valence-electron chi connectivity index (χ1n) is 10.4. The standard InChI is InChI=1S/C25H22ClFN2O3S/c1-16-13-18(17(2)28(16)11-12-32-19-7-4-3-5-8-19)14-23-24(30)29(25(31)33-23)15-20-21(26)9-6-10-22(20)27/h3-10,13-14H,11-12,15H2,1-2H3/b23-14-. The molecule has 5 nitrogen and oxygen atoms in total. The van der Waals surface area contributed by atoms with Crippen LogP contribution in [0.25, 0.3) is 6.08 Å². The molecule has 4 rings (SSSR count). The number of benzene rings is 2. The van der Waals surface area contributed by atoms with E-state index in [-0.39, 0.29) is 17.1 Å². The zero-order valence-electron chi connectivity index (χ0n) is 18.2. The Morgan fingerprint density at radius 2 is 1.85 bits per heavy atom. The van der Waals surface area contributed by atoms with Crippen molar-refractivity contribution in [1.82, 2.24) is 9.47 Å². The Morgan fingerprint density at radius 3 is 2.58 bits per heavy atom. The summed E-state index contributed by atoms with van der Waals surface area (Å²) in [7, 11) is 0. The van der Waals surface area contributed by atoms with E-state index in [4.69, 9.17) is 16.3 Å². The van der Waals surface area contributed by atoms with Crippen LogP contribution in [0, 0.1) is 19.7 Å². The summed E-state index contributed by atoms with van der Waals surface area (Å²) in [5.41, 5.74) is 2.96. The number of ether oxygens (including phenoxy) is 1. The average molecular weight is 485 g/mol. The largest absolute Gasteiger partial charge is 0.492 e. The maximum Gasteiger partial charge on any atom is 0.293 e. The molecule has 1 fully saturated rings. The van der Waals surface area contributed by atoms with Gasteiger partial charge in [-0.2, -0.15) is 0 Å². The van der Waals surface area contributed by atoms with Crippen LogP contribution in [0.1, 0.15) is 22.5 Å². The van der Waals surface area contributed by atoms with Gasteiger partial charge < -0.3 is 9.30 Å². The van der Waals surface area contributed by atoms with Crippen LogP contribution in [-0.4, -0.2) is 27.2 Å². The van der Waals surface area contributed by atoms with Gasteiger partial charge in [-0.3, -0.25) is 14.5 Å². The number of halogens is 2. The number of hydrogen-bond donors (Lipinski definition) is 0. The molecule has 0 saturated carbocycles. The van der Waals surface area contributed by atoms with E-state index in [1.54, 1.807) is 6.08 Å². The van der Waals surface area contributed by atoms with Gasteiger partial charge in [-0.15, -0.1) is 0 Å². The summed E-state index contributed by atoms with van der Waals surface area (Å²) in [6.07, 6.45) is 1.71. The van der Waals surface area contributed by atoms with Crippen LogP contribution >= 0.6 is 23.4 Å². The minimum Gasteiger partial charge on any atom is -0.492 e. The number of para-hydroxylation sites is 1. The van der Waals surface area contributed by atoms with Crippen LogP contribution in [0.3, 0.4) is 0 Å². The van der Waals surface area contributed by atoms with E-state index < -0.39 is 17.0 Å². The van der Waals surface area contributed by atoms with Gasteiger partial charge in [-0.25, -0.2) is 4.39 Å². The van der Waals surface area contributed by atoms with E-state index in [0.29, 0.717) is 18.1 Å². The van der Waals surface area contributed by atoms with Crippen LogP contribution in [0.4, 0.5) is 9.18 Å². The molecule has 170 valence electrons. The van der Waals surface area contributed by atoms with Gasteiger partial charge in [-0.05, 0) is 67.6 Å². The molecule has 0 aliphatic carbocycles. The fraction of sp³-hybridized carbons (Fsp3) is 0.200. The van der Waals surface area contributed by atoms with E-state index >= 15 is 0 Å². The minimum absolute atomic E-state index is 0.124. The van der Waals surface area contributed by atoms with E-state index in [9.17, 15) is 14.0 Å². The number of carbonyl (C=O) groups is 2. The topological polar surface area (TPSA) is 51.5 Å². The average Bonchev–Trinajstić information content (AvgIpc) is 3.21. The van der Waals surface area contributed by atoms with Crippen molar-refractivity contribution in [2.24, 2.45) is 0 Å². The molecule has 2 heterocycles. The Balaban J connectivity index is 1.49. The number of imide groups is 1. The first kappa shape index (κ1) is 23.1. The highest BCUT2D eigenvalue weighted by atomic mass is 35.5. The van der Waals surface area contributed by atoms with E-state index in [0.717, 1.165) is 39.4 Å². The Hall–Kier alpha value is -3.03. The highest BCUT2D eigenvalue weighted by Crippen LogP contribution is 2.35. The molecule has 1 aliphatic rings. The van der Waals surface area contributed by atoms with Gasteiger partial charge in [-0.1, -0.05) is 35.9 Å². The van der Waals surface area contributed by atoms with E-state index in [2.05, 4.69) is 4.57 Å². The van der Waals surface area contributed by atoms with Gasteiger partial charge in [0.1, 0.15) is 18.2 Å². The van der Waals surface area contributed by atoms with Crippen molar-refractivity contribution in [2.45, 2.75) is 26.9 Å². The molecule has 0 bridgehead atoms. The molecule has 1 aromatic heterocycles. The summed E-state index contributed by atoms with van der Waals surface area (Å²) >= 11 is 6.91. The monoisotopic (exact) mass is 484 g/mol. The van der Waals surface area contributed by atoms with Gasteiger partial charge in [0, 0.05) is 22.0 Å². The van der Waals surface area contributed by atoms with E-state index in [1.807, 2.05) is 50.2 Å². The van der Waals surface area contributed by atoms with Gasteiger partial charge >= 0.3 is 0 Å². The quantitative estimate of drug-likeness (QED) is 0.374. The van der Waals surface area contributed by atoms with Crippen molar-refractivity contribution < 1.29 is 18.7 Å². The van der Waals surface area contributed by atoms with Crippen LogP contribution in [0.5, 0.6) is 5.75 Å². The predicted molar refractivity (Wildman–Crippen MR) is 129 cm³/mol. The Bertz CT molecular complexity index is 1220. The molecule has 1 aliphatic heterocycles. The first-order valence-corrected chi connectivity index (χ1v) is 11.6. The van der Waals surface area contributed by atoms with Crippen molar-refractivity contribution >= 4 is 40.6 Å². The van der Waals surface area contributed by atoms with Crippen LogP contribution in [0.15, 0.2) is 59.5 Å². The third kappa shape index (κ3) is 4.99. The lowest BCUT2D eigenvalue weighted by atomic mass is 10.2. The number of carbonyl (C=O) groups excluding carboxylic acids is 2. The van der Waals surface area contributed by atoms with Crippen molar-refractivity contribution in [3.8, 4) is 5.75 Å². The second-order valence-electron chi connectivity index (χ2n) is 7.61. The molecule has 2 aromatic carbocycles. The number of nitrogens with zero attached hydrogens (tertiary/aromatic N) is 2. The van der Waals surface area contributed by atoms with Crippen LogP contribution in [0.2, 0.25) is 5.02 Å². The highest BCUT2D eigenvalue weighted by Gasteiger charge is 2.36. The third-order valence-corrected chi connectivity index (χ3v) is 6.74. The van der Waals surface area contributed by atoms with Gasteiger partial charge in [0.25, 0.3) is 11.1 Å². The Kier molecular flexibility index (Phi) is 6.91. The molecule has 2 amide bonds. The number of aryl methyl sites for hydroxylation is 1. The SMILES string of the molecule is Cc1cc(/C=C2\SC(=O)N(Cc3c(F)cccc3Cl)C2=O)c(C)n1CCOc1ccccc1. The predicted octanol–water partition coefficient (Wildman–Crippen LogP) is 6.21. The van der Waals surface area contributed by atoms with Gasteiger partial charge in [0.15, 0.2) is 0 Å². The van der Waals surface area contributed by atoms with Crippen LogP contribution < -0.4 is 4.74 Å². The van der Waals surface area contributed by atoms with Gasteiger partial charge in [0.05, 0.1) is 18.0 Å². The zero-order chi connectivity index (χ0) is 23.5. The smallest absolute Gasteiger partial charge is 0.293 e. The number of hydrogen-bond acceptors (Lipinski definition) is 4. The lowest BCUT2D eigenvalue weighted by molar-refractivity contribution is -0.123. The van der Waals surface area contributed by atoms with Crippen LogP contribution in [-0.2, 0) is 17.9 Å². The molecular weight excluding hydrogens is 463 g/mol. The zero-order valence-corrected chi connectivity index (χ0v) is 19.8. The summed E-state index contributed by atoms with van der Waals surface area (Å²) < 4.78 is 22.0.